The minimum absolute atomic E-state index is 0.112. The van der Waals surface area contributed by atoms with Crippen molar-refractivity contribution in [2.24, 2.45) is 5.92 Å². The lowest BCUT2D eigenvalue weighted by Crippen LogP contribution is -2.26. The van der Waals surface area contributed by atoms with Crippen molar-refractivity contribution in [3.63, 3.8) is 0 Å². The number of hydrogen-bond donors (Lipinski definition) is 0. The van der Waals surface area contributed by atoms with Gasteiger partial charge in [-0.05, 0) is 45.6 Å². The Balaban J connectivity index is 2.46. The first-order valence-corrected chi connectivity index (χ1v) is 6.75. The number of benzene rings is 1. The predicted octanol–water partition coefficient (Wildman–Crippen LogP) is 3.17. The first-order valence-electron chi connectivity index (χ1n) is 6.75. The summed E-state index contributed by atoms with van der Waals surface area (Å²) in [7, 11) is 0. The maximum absolute atomic E-state index is 11.8. The molecule has 1 atom stereocenters. The zero-order valence-electron chi connectivity index (χ0n) is 11.9. The molecule has 0 aromatic heterocycles. The molecule has 19 heavy (non-hydrogen) atoms. The molecule has 0 saturated heterocycles. The lowest BCUT2D eigenvalue weighted by molar-refractivity contribution is -0.155. The van der Waals surface area contributed by atoms with Crippen LogP contribution in [0, 0.1) is 5.92 Å². The summed E-state index contributed by atoms with van der Waals surface area (Å²) in [5.74, 6) is -1.12. The van der Waals surface area contributed by atoms with Crippen LogP contribution < -0.4 is 0 Å². The molecule has 0 spiro atoms. The van der Waals surface area contributed by atoms with Crippen molar-refractivity contribution in [3.8, 4) is 0 Å². The molecule has 1 rings (SSSR count). The third-order valence-corrected chi connectivity index (χ3v) is 2.93. The molecule has 0 fully saturated rings. The highest BCUT2D eigenvalue weighted by molar-refractivity contribution is 5.97. The van der Waals surface area contributed by atoms with Gasteiger partial charge in [-0.25, -0.2) is 0 Å². The van der Waals surface area contributed by atoms with Gasteiger partial charge in [0.2, 0.25) is 0 Å². The van der Waals surface area contributed by atoms with Crippen molar-refractivity contribution in [1.82, 2.24) is 0 Å². The number of carbonyl (C=O) groups excluding carboxylic acids is 2. The van der Waals surface area contributed by atoms with E-state index >= 15 is 0 Å². The molecule has 3 nitrogen and oxygen atoms in total. The van der Waals surface area contributed by atoms with Crippen molar-refractivity contribution in [2.75, 3.05) is 0 Å². The van der Waals surface area contributed by atoms with E-state index in [1.165, 1.54) is 12.5 Å². The molecular formula is C16H22O3. The first-order chi connectivity index (χ1) is 9.00. The number of esters is 1. The Morgan fingerprint density at radius 3 is 2.32 bits per heavy atom. The van der Waals surface area contributed by atoms with Gasteiger partial charge >= 0.3 is 5.97 Å². The van der Waals surface area contributed by atoms with E-state index in [2.05, 4.69) is 12.1 Å². The highest BCUT2D eigenvalue weighted by atomic mass is 16.5. The van der Waals surface area contributed by atoms with Crippen LogP contribution in [0.1, 0.15) is 39.2 Å². The molecule has 0 amide bonds. The predicted molar refractivity (Wildman–Crippen MR) is 74.8 cm³/mol. The summed E-state index contributed by atoms with van der Waals surface area (Å²) >= 11 is 0. The number of Topliss-reactive ketones (excluding diaryl/α,β-unsaturated/α-hetero) is 1. The molecule has 0 radical (unpaired) electrons. The van der Waals surface area contributed by atoms with E-state index in [0.29, 0.717) is 6.42 Å². The van der Waals surface area contributed by atoms with E-state index < -0.39 is 11.9 Å². The second kappa shape index (κ2) is 7.72. The van der Waals surface area contributed by atoms with Gasteiger partial charge in [-0.15, -0.1) is 0 Å². The van der Waals surface area contributed by atoms with Crippen LogP contribution in [-0.2, 0) is 20.7 Å². The quantitative estimate of drug-likeness (QED) is 0.560. The molecule has 0 aliphatic carbocycles. The topological polar surface area (TPSA) is 43.4 Å². The lowest BCUT2D eigenvalue weighted by atomic mass is 9.96. The van der Waals surface area contributed by atoms with Gasteiger partial charge in [-0.2, -0.15) is 0 Å². The van der Waals surface area contributed by atoms with Crippen LogP contribution >= 0.6 is 0 Å². The van der Waals surface area contributed by atoms with Crippen LogP contribution in [0.2, 0.25) is 0 Å². The third-order valence-electron chi connectivity index (χ3n) is 2.93. The molecule has 0 heterocycles. The van der Waals surface area contributed by atoms with Gasteiger partial charge in [0.25, 0.3) is 0 Å². The monoisotopic (exact) mass is 262 g/mol. The maximum atomic E-state index is 11.8. The highest BCUT2D eigenvalue weighted by Gasteiger charge is 2.25. The largest absolute Gasteiger partial charge is 0.462 e. The average molecular weight is 262 g/mol. The van der Waals surface area contributed by atoms with E-state index in [9.17, 15) is 9.59 Å². The summed E-state index contributed by atoms with van der Waals surface area (Å²) in [6, 6.07) is 10.1. The minimum Gasteiger partial charge on any atom is -0.462 e. The van der Waals surface area contributed by atoms with Crippen molar-refractivity contribution in [1.29, 1.82) is 0 Å². The van der Waals surface area contributed by atoms with Crippen LogP contribution in [0.3, 0.4) is 0 Å². The molecular weight excluding hydrogens is 240 g/mol. The molecule has 0 saturated carbocycles. The summed E-state index contributed by atoms with van der Waals surface area (Å²) < 4.78 is 5.12. The number of ether oxygens (including phenoxy) is 1. The smallest absolute Gasteiger partial charge is 0.316 e. The third kappa shape index (κ3) is 5.69. The Morgan fingerprint density at radius 2 is 1.79 bits per heavy atom. The molecule has 0 aliphatic rings. The number of hydrogen-bond acceptors (Lipinski definition) is 3. The van der Waals surface area contributed by atoms with Crippen molar-refractivity contribution in [3.05, 3.63) is 35.9 Å². The van der Waals surface area contributed by atoms with Crippen molar-refractivity contribution >= 4 is 11.8 Å². The fourth-order valence-electron chi connectivity index (χ4n) is 1.96. The molecule has 0 N–H and O–H groups in total. The maximum Gasteiger partial charge on any atom is 0.316 e. The van der Waals surface area contributed by atoms with Crippen LogP contribution in [-0.4, -0.2) is 17.9 Å². The van der Waals surface area contributed by atoms with Gasteiger partial charge in [-0.3, -0.25) is 9.59 Å². The Kier molecular flexibility index (Phi) is 6.26. The summed E-state index contributed by atoms with van der Waals surface area (Å²) in [6.45, 7) is 5.03. The number of ketones is 1. The SMILES string of the molecule is CC(=O)C(CCCc1ccccc1)C(=O)OC(C)C. The van der Waals surface area contributed by atoms with Crippen LogP contribution in [0.5, 0.6) is 0 Å². The van der Waals surface area contributed by atoms with Crippen LogP contribution in [0.4, 0.5) is 0 Å². The summed E-state index contributed by atoms with van der Waals surface area (Å²) in [5, 5.41) is 0. The molecule has 3 heteroatoms. The summed E-state index contributed by atoms with van der Waals surface area (Å²) in [4.78, 5) is 23.3. The number of carbonyl (C=O) groups is 2. The van der Waals surface area contributed by atoms with Gasteiger partial charge < -0.3 is 4.74 Å². The Morgan fingerprint density at radius 1 is 1.16 bits per heavy atom. The van der Waals surface area contributed by atoms with Crippen molar-refractivity contribution in [2.45, 2.75) is 46.1 Å². The van der Waals surface area contributed by atoms with E-state index in [1.807, 2.05) is 18.2 Å². The zero-order chi connectivity index (χ0) is 14.3. The average Bonchev–Trinajstić information content (AvgIpc) is 2.34. The van der Waals surface area contributed by atoms with E-state index in [4.69, 9.17) is 4.74 Å². The van der Waals surface area contributed by atoms with Gasteiger partial charge in [0.15, 0.2) is 0 Å². The van der Waals surface area contributed by atoms with Gasteiger partial charge in [0, 0.05) is 0 Å². The zero-order valence-corrected chi connectivity index (χ0v) is 11.9. The Labute approximate surface area is 115 Å². The van der Waals surface area contributed by atoms with Gasteiger partial charge in [-0.1, -0.05) is 30.3 Å². The highest BCUT2D eigenvalue weighted by Crippen LogP contribution is 2.14. The normalized spacial score (nSPS) is 12.2. The molecule has 1 aromatic rings. The number of rotatable bonds is 7. The molecule has 104 valence electrons. The standard InChI is InChI=1S/C16H22O3/c1-12(2)19-16(18)15(13(3)17)11-7-10-14-8-5-4-6-9-14/h4-6,8-9,12,15H,7,10-11H2,1-3H3. The summed E-state index contributed by atoms with van der Waals surface area (Å²) in [5.41, 5.74) is 1.22. The lowest BCUT2D eigenvalue weighted by Gasteiger charge is -2.15. The molecule has 0 aliphatic heterocycles. The van der Waals surface area contributed by atoms with Gasteiger partial charge in [0.1, 0.15) is 11.7 Å². The van der Waals surface area contributed by atoms with E-state index in [1.54, 1.807) is 13.8 Å². The molecule has 1 unspecified atom stereocenters. The Hall–Kier alpha value is -1.64. The second-order valence-electron chi connectivity index (χ2n) is 5.03. The summed E-state index contributed by atoms with van der Waals surface area (Å²) in [6.07, 6.45) is 2.06. The van der Waals surface area contributed by atoms with Crippen LogP contribution in [0.25, 0.3) is 0 Å². The van der Waals surface area contributed by atoms with Crippen LogP contribution in [0.15, 0.2) is 30.3 Å². The molecule has 1 aromatic carbocycles. The first kappa shape index (κ1) is 15.4. The fourth-order valence-corrected chi connectivity index (χ4v) is 1.96. The Bertz CT molecular complexity index is 409. The van der Waals surface area contributed by atoms with Gasteiger partial charge in [0.05, 0.1) is 6.10 Å². The van der Waals surface area contributed by atoms with E-state index in [-0.39, 0.29) is 11.9 Å². The van der Waals surface area contributed by atoms with Crippen molar-refractivity contribution < 1.29 is 14.3 Å². The second-order valence-corrected chi connectivity index (χ2v) is 5.03. The fraction of sp³-hybridized carbons (Fsp3) is 0.500. The molecule has 0 bridgehead atoms. The van der Waals surface area contributed by atoms with E-state index in [0.717, 1.165) is 12.8 Å². The number of aryl methyl sites for hydroxylation is 1. The minimum atomic E-state index is -0.619.